The van der Waals surface area contributed by atoms with E-state index in [0.717, 1.165) is 18.4 Å². The molecule has 3 N–H and O–H groups in total. The Hall–Kier alpha value is -2.99. The van der Waals surface area contributed by atoms with Crippen LogP contribution in [0.5, 0.6) is 11.5 Å². The molecular formula is C18H16N2O4. The third kappa shape index (κ3) is 3.04. The molecule has 1 aliphatic heterocycles. The normalized spacial score (nSPS) is 13.5. The molecule has 0 spiro atoms. The molecule has 1 heterocycles. The number of benzene rings is 2. The number of fused-ring (bicyclic) bond motifs is 1. The van der Waals surface area contributed by atoms with E-state index in [2.05, 4.69) is 0 Å². The van der Waals surface area contributed by atoms with Gasteiger partial charge in [0.25, 0.3) is 17.6 Å². The topological polar surface area (TPSA) is 98.5 Å². The molecule has 0 saturated carbocycles. The average Bonchev–Trinajstić information content (AvgIpc) is 2.59. The van der Waals surface area contributed by atoms with Gasteiger partial charge in [-0.1, -0.05) is 18.2 Å². The van der Waals surface area contributed by atoms with Crippen LogP contribution in [0.25, 0.3) is 0 Å². The first kappa shape index (κ1) is 15.9. The lowest BCUT2D eigenvalue weighted by Crippen LogP contribution is -2.42. The van der Waals surface area contributed by atoms with Gasteiger partial charge in [0, 0.05) is 5.56 Å². The van der Waals surface area contributed by atoms with Crippen molar-refractivity contribution in [2.45, 2.75) is 12.8 Å². The fourth-order valence-electron chi connectivity index (χ4n) is 2.54. The molecule has 0 bridgehead atoms. The largest absolute Gasteiger partial charge is 0.457 e. The summed E-state index contributed by atoms with van der Waals surface area (Å²) in [6, 6.07) is 12.0. The molecule has 0 fully saturated rings. The van der Waals surface area contributed by atoms with Crippen LogP contribution in [0.15, 0.2) is 42.5 Å². The highest BCUT2D eigenvalue weighted by molar-refractivity contribution is 6.49. The van der Waals surface area contributed by atoms with E-state index < -0.39 is 17.6 Å². The van der Waals surface area contributed by atoms with Gasteiger partial charge in [-0.15, -0.1) is 0 Å². The fourth-order valence-corrected chi connectivity index (χ4v) is 2.54. The Morgan fingerprint density at radius 1 is 0.958 bits per heavy atom. The lowest BCUT2D eigenvalue weighted by molar-refractivity contribution is -0.116. The Balaban J connectivity index is 1.87. The summed E-state index contributed by atoms with van der Waals surface area (Å²) in [5, 5.41) is 2.02. The second-order valence-electron chi connectivity index (χ2n) is 5.43. The van der Waals surface area contributed by atoms with E-state index in [4.69, 9.17) is 10.5 Å². The molecule has 3 rings (SSSR count). The average molecular weight is 324 g/mol. The minimum absolute atomic E-state index is 0.0563. The van der Waals surface area contributed by atoms with Crippen molar-refractivity contribution in [1.29, 1.82) is 0 Å². The number of nitrogens with one attached hydrogen (secondary N) is 1. The van der Waals surface area contributed by atoms with Gasteiger partial charge in [0.05, 0.1) is 5.56 Å². The zero-order valence-electron chi connectivity index (χ0n) is 12.9. The van der Waals surface area contributed by atoms with Gasteiger partial charge in [0.2, 0.25) is 0 Å². The van der Waals surface area contributed by atoms with Crippen molar-refractivity contribution in [2.75, 3.05) is 6.54 Å². The number of carbonyl (C=O) groups excluding carboxylic acids is 3. The first-order valence-corrected chi connectivity index (χ1v) is 7.60. The number of rotatable bonds is 5. The summed E-state index contributed by atoms with van der Waals surface area (Å²) in [5.74, 6) is -1.52. The number of imide groups is 1. The van der Waals surface area contributed by atoms with E-state index in [1.807, 2.05) is 17.4 Å². The van der Waals surface area contributed by atoms with Crippen molar-refractivity contribution in [2.24, 2.45) is 5.73 Å². The number of amides is 2. The predicted molar refractivity (Wildman–Crippen MR) is 87.1 cm³/mol. The SMILES string of the molecule is NCCCc1ccc(Oc2cccc3c2C(=O)NC(=O)C3=O)cc1. The molecular weight excluding hydrogens is 308 g/mol. The van der Waals surface area contributed by atoms with Crippen molar-refractivity contribution in [3.63, 3.8) is 0 Å². The molecule has 0 aromatic heterocycles. The van der Waals surface area contributed by atoms with Crippen LogP contribution in [-0.2, 0) is 11.2 Å². The summed E-state index contributed by atoms with van der Waals surface area (Å²) in [6.07, 6.45) is 1.79. The van der Waals surface area contributed by atoms with Crippen molar-refractivity contribution in [3.8, 4) is 11.5 Å². The van der Waals surface area contributed by atoms with Crippen molar-refractivity contribution < 1.29 is 19.1 Å². The molecule has 6 nitrogen and oxygen atoms in total. The predicted octanol–water partition coefficient (Wildman–Crippen LogP) is 1.82. The van der Waals surface area contributed by atoms with Crippen LogP contribution in [0.3, 0.4) is 0 Å². The van der Waals surface area contributed by atoms with E-state index in [0.29, 0.717) is 12.3 Å². The minimum Gasteiger partial charge on any atom is -0.457 e. The number of ether oxygens (including phenoxy) is 1. The monoisotopic (exact) mass is 324 g/mol. The van der Waals surface area contributed by atoms with E-state index in [9.17, 15) is 14.4 Å². The van der Waals surface area contributed by atoms with Crippen molar-refractivity contribution >= 4 is 17.6 Å². The third-order valence-corrected chi connectivity index (χ3v) is 3.75. The Morgan fingerprint density at radius 2 is 1.71 bits per heavy atom. The summed E-state index contributed by atoms with van der Waals surface area (Å²) >= 11 is 0. The Kier molecular flexibility index (Phi) is 4.39. The zero-order chi connectivity index (χ0) is 17.1. The van der Waals surface area contributed by atoms with E-state index in [1.165, 1.54) is 6.07 Å². The lowest BCUT2D eigenvalue weighted by atomic mass is 9.98. The summed E-state index contributed by atoms with van der Waals surface area (Å²) < 4.78 is 5.74. The summed E-state index contributed by atoms with van der Waals surface area (Å²) in [6.45, 7) is 0.635. The summed E-state index contributed by atoms with van der Waals surface area (Å²) in [5.41, 5.74) is 6.77. The van der Waals surface area contributed by atoms with Gasteiger partial charge in [-0.3, -0.25) is 19.7 Å². The number of carbonyl (C=O) groups is 3. The summed E-state index contributed by atoms with van der Waals surface area (Å²) in [7, 11) is 0. The second-order valence-corrected chi connectivity index (χ2v) is 5.43. The van der Waals surface area contributed by atoms with E-state index >= 15 is 0 Å². The van der Waals surface area contributed by atoms with Gasteiger partial charge >= 0.3 is 0 Å². The molecule has 6 heteroatoms. The first-order valence-electron chi connectivity index (χ1n) is 7.60. The number of aryl methyl sites for hydroxylation is 1. The van der Waals surface area contributed by atoms with Crippen LogP contribution < -0.4 is 15.8 Å². The Bertz CT molecular complexity index is 812. The second kappa shape index (κ2) is 6.64. The number of Topliss-reactive ketones (excluding diaryl/α,β-unsaturated/α-hetero) is 1. The van der Waals surface area contributed by atoms with Gasteiger partial charge < -0.3 is 10.5 Å². The molecule has 0 aliphatic carbocycles. The van der Waals surface area contributed by atoms with Crippen molar-refractivity contribution in [3.05, 3.63) is 59.2 Å². The van der Waals surface area contributed by atoms with E-state index in [-0.39, 0.29) is 16.9 Å². The van der Waals surface area contributed by atoms with Gasteiger partial charge in [-0.25, -0.2) is 0 Å². The smallest absolute Gasteiger partial charge is 0.299 e. The maximum atomic E-state index is 12.0. The highest BCUT2D eigenvalue weighted by Gasteiger charge is 2.33. The van der Waals surface area contributed by atoms with Crippen LogP contribution >= 0.6 is 0 Å². The van der Waals surface area contributed by atoms with Gasteiger partial charge in [-0.05, 0) is 49.2 Å². The molecule has 0 atom stereocenters. The number of nitrogens with two attached hydrogens (primary N) is 1. The van der Waals surface area contributed by atoms with Crippen LogP contribution in [-0.4, -0.2) is 24.1 Å². The molecule has 122 valence electrons. The Labute approximate surface area is 138 Å². The molecule has 0 saturated heterocycles. The molecule has 2 aromatic carbocycles. The number of hydrogen-bond donors (Lipinski definition) is 2. The molecule has 1 aliphatic rings. The highest BCUT2D eigenvalue weighted by Crippen LogP contribution is 2.30. The molecule has 2 aromatic rings. The van der Waals surface area contributed by atoms with Crippen LogP contribution in [0.1, 0.15) is 32.7 Å². The number of hydrogen-bond acceptors (Lipinski definition) is 5. The number of ketones is 1. The van der Waals surface area contributed by atoms with Crippen LogP contribution in [0.2, 0.25) is 0 Å². The third-order valence-electron chi connectivity index (χ3n) is 3.75. The van der Waals surface area contributed by atoms with Gasteiger partial charge in [0.1, 0.15) is 11.5 Å². The maximum absolute atomic E-state index is 12.0. The zero-order valence-corrected chi connectivity index (χ0v) is 12.9. The summed E-state index contributed by atoms with van der Waals surface area (Å²) in [4.78, 5) is 35.4. The van der Waals surface area contributed by atoms with E-state index in [1.54, 1.807) is 24.3 Å². The van der Waals surface area contributed by atoms with Crippen molar-refractivity contribution in [1.82, 2.24) is 5.32 Å². The minimum atomic E-state index is -0.922. The Morgan fingerprint density at radius 3 is 2.42 bits per heavy atom. The standard InChI is InChI=1S/C18H16N2O4/c19-10-2-3-11-6-8-12(9-7-11)24-14-5-1-4-13-15(14)17(22)20-18(23)16(13)21/h1,4-9H,2-3,10,19H2,(H,20,22,23). The first-order chi connectivity index (χ1) is 11.6. The fraction of sp³-hybridized carbons (Fsp3) is 0.167. The molecule has 0 radical (unpaired) electrons. The van der Waals surface area contributed by atoms with Gasteiger partial charge in [-0.2, -0.15) is 0 Å². The molecule has 0 unspecified atom stereocenters. The molecule has 2 amide bonds. The lowest BCUT2D eigenvalue weighted by Gasteiger charge is -2.17. The molecule has 24 heavy (non-hydrogen) atoms. The highest BCUT2D eigenvalue weighted by atomic mass is 16.5. The van der Waals surface area contributed by atoms with Gasteiger partial charge in [0.15, 0.2) is 0 Å². The quantitative estimate of drug-likeness (QED) is 0.646. The maximum Gasteiger partial charge on any atom is 0.299 e. The van der Waals surface area contributed by atoms with Crippen LogP contribution in [0.4, 0.5) is 0 Å². The van der Waals surface area contributed by atoms with Crippen LogP contribution in [0, 0.1) is 0 Å².